The van der Waals surface area contributed by atoms with E-state index in [0.717, 1.165) is 51.8 Å². The number of para-hydroxylation sites is 1. The summed E-state index contributed by atoms with van der Waals surface area (Å²) in [6.07, 6.45) is 1.04. The Kier molecular flexibility index (Phi) is 6.91. The smallest absolute Gasteiger partial charge is 0.193 e. The van der Waals surface area contributed by atoms with Crippen molar-refractivity contribution in [3.05, 3.63) is 52.2 Å². The number of anilines is 1. The highest BCUT2D eigenvalue weighted by atomic mass is 32.1. The van der Waals surface area contributed by atoms with E-state index >= 15 is 0 Å². The molecule has 0 spiro atoms. The third-order valence-corrected chi connectivity index (χ3v) is 5.56. The summed E-state index contributed by atoms with van der Waals surface area (Å²) in [7, 11) is 3.94. The second kappa shape index (κ2) is 9.59. The molecule has 2 aromatic rings. The SMILES string of the molecule is CN=C(NCc1ccccc1N1CCOCC1)N(C)CCc1cccs1. The average Bonchev–Trinajstić information content (AvgIpc) is 3.21. The van der Waals surface area contributed by atoms with Crippen LogP contribution in [0.5, 0.6) is 0 Å². The van der Waals surface area contributed by atoms with Crippen molar-refractivity contribution < 1.29 is 4.74 Å². The first-order chi connectivity index (χ1) is 12.8. The van der Waals surface area contributed by atoms with E-state index < -0.39 is 0 Å². The van der Waals surface area contributed by atoms with E-state index in [1.807, 2.05) is 18.4 Å². The number of morpholine rings is 1. The van der Waals surface area contributed by atoms with Gasteiger partial charge in [0.2, 0.25) is 0 Å². The van der Waals surface area contributed by atoms with Gasteiger partial charge in [0.15, 0.2) is 5.96 Å². The second-order valence-corrected chi connectivity index (χ2v) is 7.41. The van der Waals surface area contributed by atoms with Gasteiger partial charge in [0.05, 0.1) is 13.2 Å². The van der Waals surface area contributed by atoms with Crippen LogP contribution in [0.3, 0.4) is 0 Å². The van der Waals surface area contributed by atoms with Gasteiger partial charge >= 0.3 is 0 Å². The minimum absolute atomic E-state index is 0.767. The van der Waals surface area contributed by atoms with E-state index in [4.69, 9.17) is 4.74 Å². The molecule has 3 rings (SSSR count). The van der Waals surface area contributed by atoms with Crippen molar-refractivity contribution in [3.63, 3.8) is 0 Å². The van der Waals surface area contributed by atoms with Crippen LogP contribution in [0, 0.1) is 0 Å². The molecule has 1 aliphatic rings. The normalized spacial score (nSPS) is 15.2. The Labute approximate surface area is 160 Å². The predicted molar refractivity (Wildman–Crippen MR) is 110 cm³/mol. The summed E-state index contributed by atoms with van der Waals surface area (Å²) in [4.78, 5) is 10.5. The predicted octanol–water partition coefficient (Wildman–Crippen LogP) is 2.83. The van der Waals surface area contributed by atoms with Crippen molar-refractivity contribution in [2.75, 3.05) is 51.8 Å². The summed E-state index contributed by atoms with van der Waals surface area (Å²) in [5.41, 5.74) is 2.59. The van der Waals surface area contributed by atoms with Crippen molar-refractivity contribution in [1.82, 2.24) is 10.2 Å². The van der Waals surface area contributed by atoms with Gasteiger partial charge in [-0.05, 0) is 29.5 Å². The summed E-state index contributed by atoms with van der Waals surface area (Å²) in [6, 6.07) is 12.9. The van der Waals surface area contributed by atoms with Crippen molar-refractivity contribution >= 4 is 23.0 Å². The van der Waals surface area contributed by atoms with Crippen LogP contribution in [0.25, 0.3) is 0 Å². The molecule has 0 unspecified atom stereocenters. The van der Waals surface area contributed by atoms with Crippen molar-refractivity contribution in [2.24, 2.45) is 4.99 Å². The van der Waals surface area contributed by atoms with Gasteiger partial charge in [0, 0.05) is 50.8 Å². The van der Waals surface area contributed by atoms with Gasteiger partial charge in [0.1, 0.15) is 0 Å². The van der Waals surface area contributed by atoms with Gasteiger partial charge < -0.3 is 19.9 Å². The van der Waals surface area contributed by atoms with Crippen molar-refractivity contribution in [2.45, 2.75) is 13.0 Å². The number of guanidine groups is 1. The largest absolute Gasteiger partial charge is 0.378 e. The highest BCUT2D eigenvalue weighted by Crippen LogP contribution is 2.21. The fraction of sp³-hybridized carbons (Fsp3) is 0.450. The number of thiophene rings is 1. The first-order valence-corrected chi connectivity index (χ1v) is 10.0. The highest BCUT2D eigenvalue weighted by molar-refractivity contribution is 7.09. The van der Waals surface area contributed by atoms with Crippen LogP contribution < -0.4 is 10.2 Å². The van der Waals surface area contributed by atoms with Crippen molar-refractivity contribution in [1.29, 1.82) is 0 Å². The second-order valence-electron chi connectivity index (χ2n) is 6.38. The lowest BCUT2D eigenvalue weighted by Crippen LogP contribution is -2.40. The summed E-state index contributed by atoms with van der Waals surface area (Å²) in [5, 5.41) is 5.65. The molecule has 1 aliphatic heterocycles. The third-order valence-electron chi connectivity index (χ3n) is 4.63. The maximum absolute atomic E-state index is 5.48. The molecule has 1 aromatic carbocycles. The molecular formula is C20H28N4OS. The van der Waals surface area contributed by atoms with Gasteiger partial charge in [-0.15, -0.1) is 11.3 Å². The summed E-state index contributed by atoms with van der Waals surface area (Å²) in [6.45, 7) is 5.22. The fourth-order valence-electron chi connectivity index (χ4n) is 3.17. The molecule has 1 fully saturated rings. The van der Waals surface area contributed by atoms with E-state index in [0.29, 0.717) is 0 Å². The number of nitrogens with zero attached hydrogens (tertiary/aromatic N) is 3. The van der Waals surface area contributed by atoms with E-state index in [-0.39, 0.29) is 0 Å². The molecule has 1 aromatic heterocycles. The van der Waals surface area contributed by atoms with Crippen LogP contribution in [0.15, 0.2) is 46.8 Å². The number of likely N-dealkylation sites (N-methyl/N-ethyl adjacent to an activating group) is 1. The van der Waals surface area contributed by atoms with E-state index in [1.54, 1.807) is 0 Å². The number of nitrogens with one attached hydrogen (secondary N) is 1. The Bertz CT molecular complexity index is 696. The third kappa shape index (κ3) is 4.99. The van der Waals surface area contributed by atoms with Crippen LogP contribution in [-0.2, 0) is 17.7 Å². The average molecular weight is 373 g/mol. The summed E-state index contributed by atoms with van der Waals surface area (Å²) in [5.74, 6) is 0.929. The first-order valence-electron chi connectivity index (χ1n) is 9.12. The molecule has 26 heavy (non-hydrogen) atoms. The maximum atomic E-state index is 5.48. The molecule has 140 valence electrons. The molecular weight excluding hydrogens is 344 g/mol. The van der Waals surface area contributed by atoms with Crippen LogP contribution >= 0.6 is 11.3 Å². The zero-order valence-corrected chi connectivity index (χ0v) is 16.5. The lowest BCUT2D eigenvalue weighted by molar-refractivity contribution is 0.122. The Morgan fingerprint density at radius 1 is 1.23 bits per heavy atom. The topological polar surface area (TPSA) is 40.1 Å². The maximum Gasteiger partial charge on any atom is 0.193 e. The van der Waals surface area contributed by atoms with Crippen LogP contribution in [0.2, 0.25) is 0 Å². The highest BCUT2D eigenvalue weighted by Gasteiger charge is 2.15. The van der Waals surface area contributed by atoms with Crippen molar-refractivity contribution in [3.8, 4) is 0 Å². The summed E-state index contributed by atoms with van der Waals surface area (Å²) >= 11 is 1.81. The Balaban J connectivity index is 1.58. The van der Waals surface area contributed by atoms with Crippen LogP contribution in [0.4, 0.5) is 5.69 Å². The monoisotopic (exact) mass is 372 g/mol. The first kappa shape index (κ1) is 18.7. The van der Waals surface area contributed by atoms with Gasteiger partial charge in [-0.3, -0.25) is 4.99 Å². The molecule has 0 amide bonds. The zero-order chi connectivity index (χ0) is 18.2. The van der Waals surface area contributed by atoms with E-state index in [2.05, 4.69) is 68.9 Å². The molecule has 0 radical (unpaired) electrons. The minimum Gasteiger partial charge on any atom is -0.378 e. The number of rotatable bonds is 6. The van der Waals surface area contributed by atoms with Gasteiger partial charge in [-0.2, -0.15) is 0 Å². The lowest BCUT2D eigenvalue weighted by atomic mass is 10.1. The Morgan fingerprint density at radius 2 is 2.04 bits per heavy atom. The van der Waals surface area contributed by atoms with Gasteiger partial charge in [0.25, 0.3) is 0 Å². The molecule has 0 saturated carbocycles. The molecule has 6 heteroatoms. The lowest BCUT2D eigenvalue weighted by Gasteiger charge is -2.31. The number of hydrogen-bond donors (Lipinski definition) is 1. The zero-order valence-electron chi connectivity index (χ0n) is 15.6. The fourth-order valence-corrected chi connectivity index (χ4v) is 3.87. The molecule has 5 nitrogen and oxygen atoms in total. The van der Waals surface area contributed by atoms with E-state index in [9.17, 15) is 0 Å². The van der Waals surface area contributed by atoms with Crippen LogP contribution in [-0.4, -0.2) is 57.8 Å². The molecule has 1 N–H and O–H groups in total. The van der Waals surface area contributed by atoms with E-state index in [1.165, 1.54) is 16.1 Å². The number of benzene rings is 1. The number of aliphatic imine (C=N–C) groups is 1. The standard InChI is InChI=1S/C20H28N4OS/c1-21-20(23(2)10-9-18-7-5-15-26-18)22-16-17-6-3-4-8-19(17)24-11-13-25-14-12-24/h3-8,15H,9-14,16H2,1-2H3,(H,21,22). The quantitative estimate of drug-likeness (QED) is 0.625. The molecule has 0 aliphatic carbocycles. The molecule has 0 bridgehead atoms. The summed E-state index contributed by atoms with van der Waals surface area (Å²) < 4.78 is 5.48. The van der Waals surface area contributed by atoms with Gasteiger partial charge in [-0.25, -0.2) is 0 Å². The molecule has 0 atom stereocenters. The Hall–Kier alpha value is -2.05. The van der Waals surface area contributed by atoms with Gasteiger partial charge in [-0.1, -0.05) is 24.3 Å². The van der Waals surface area contributed by atoms with Crippen LogP contribution in [0.1, 0.15) is 10.4 Å². The number of ether oxygens (including phenoxy) is 1. The molecule has 2 heterocycles. The number of hydrogen-bond acceptors (Lipinski definition) is 4. The molecule has 1 saturated heterocycles. The minimum atomic E-state index is 0.767. The Morgan fingerprint density at radius 3 is 2.77 bits per heavy atom.